The van der Waals surface area contributed by atoms with Crippen LogP contribution in [0.3, 0.4) is 0 Å². The molecule has 2 rings (SSSR count). The highest BCUT2D eigenvalue weighted by atomic mass is 35.5. The van der Waals surface area contributed by atoms with E-state index in [1.807, 2.05) is 31.2 Å². The van der Waals surface area contributed by atoms with Crippen molar-refractivity contribution in [3.63, 3.8) is 0 Å². The molecule has 0 bridgehead atoms. The topological polar surface area (TPSA) is 58.9 Å². The summed E-state index contributed by atoms with van der Waals surface area (Å²) < 4.78 is 1.81. The molecule has 0 spiro atoms. The summed E-state index contributed by atoms with van der Waals surface area (Å²) in [6.07, 6.45) is 1.63. The molecule has 7 heteroatoms. The minimum atomic E-state index is -0.0909. The van der Waals surface area contributed by atoms with Gasteiger partial charge in [-0.1, -0.05) is 32.4 Å². The van der Waals surface area contributed by atoms with Crippen molar-refractivity contribution in [3.8, 4) is 5.69 Å². The van der Waals surface area contributed by atoms with Gasteiger partial charge in [-0.3, -0.25) is 4.79 Å². The van der Waals surface area contributed by atoms with Crippen molar-refractivity contribution >= 4 is 29.9 Å². The van der Waals surface area contributed by atoms with Crippen LogP contribution in [0.15, 0.2) is 30.5 Å². The van der Waals surface area contributed by atoms with Crippen LogP contribution in [0.2, 0.25) is 5.02 Å². The molecule has 0 fully saturated rings. The fourth-order valence-electron chi connectivity index (χ4n) is 2.41. The molecule has 1 heterocycles. The van der Waals surface area contributed by atoms with Gasteiger partial charge in [-0.25, -0.2) is 4.68 Å². The Balaban J connectivity index is 0.00000288. The summed E-state index contributed by atoms with van der Waals surface area (Å²) in [5.41, 5.74) is 2.41. The van der Waals surface area contributed by atoms with Crippen molar-refractivity contribution in [2.24, 2.45) is 0 Å². The molecule has 0 saturated heterocycles. The van der Waals surface area contributed by atoms with E-state index in [1.165, 1.54) is 0 Å². The Morgan fingerprint density at radius 2 is 1.92 bits per heavy atom. The first kappa shape index (κ1) is 20.5. The number of benzene rings is 1. The van der Waals surface area contributed by atoms with Gasteiger partial charge in [0.15, 0.2) is 0 Å². The van der Waals surface area contributed by atoms with Gasteiger partial charge in [-0.2, -0.15) is 5.10 Å². The highest BCUT2D eigenvalue weighted by molar-refractivity contribution is 6.30. The van der Waals surface area contributed by atoms with Gasteiger partial charge >= 0.3 is 0 Å². The first-order chi connectivity index (χ1) is 11.0. The maximum Gasteiger partial charge on any atom is 0.254 e. The second-order valence-corrected chi connectivity index (χ2v) is 6.03. The fraction of sp³-hybridized carbons (Fsp3) is 0.412. The van der Waals surface area contributed by atoms with E-state index in [-0.39, 0.29) is 24.2 Å². The quantitative estimate of drug-likeness (QED) is 0.734. The van der Waals surface area contributed by atoms with Gasteiger partial charge in [0, 0.05) is 18.1 Å². The second-order valence-electron chi connectivity index (χ2n) is 5.60. The molecule has 1 amide bonds. The SMILES string of the molecule is CCNCCNC(=O)c1cnn(-c2ccc(Cl)cc2)c1C(C)C.Cl. The number of halogens is 2. The summed E-state index contributed by atoms with van der Waals surface area (Å²) in [6.45, 7) is 8.38. The molecular formula is C17H24Cl2N4O. The summed E-state index contributed by atoms with van der Waals surface area (Å²) in [4.78, 5) is 12.4. The van der Waals surface area contributed by atoms with Crippen LogP contribution in [0.1, 0.15) is 42.7 Å². The Hall–Kier alpha value is -1.56. The van der Waals surface area contributed by atoms with Crippen LogP contribution in [0.25, 0.3) is 5.69 Å². The molecule has 1 aromatic carbocycles. The lowest BCUT2D eigenvalue weighted by Gasteiger charge is -2.13. The molecule has 0 saturated carbocycles. The van der Waals surface area contributed by atoms with Crippen LogP contribution in [0, 0.1) is 0 Å². The molecular weight excluding hydrogens is 347 g/mol. The molecule has 0 aliphatic carbocycles. The van der Waals surface area contributed by atoms with Crippen molar-refractivity contribution < 1.29 is 4.79 Å². The van der Waals surface area contributed by atoms with Gasteiger partial charge < -0.3 is 10.6 Å². The molecule has 0 radical (unpaired) electrons. The van der Waals surface area contributed by atoms with E-state index in [0.717, 1.165) is 24.5 Å². The van der Waals surface area contributed by atoms with E-state index in [9.17, 15) is 4.79 Å². The molecule has 0 atom stereocenters. The average Bonchev–Trinajstić information content (AvgIpc) is 2.97. The molecule has 2 aromatic rings. The molecule has 24 heavy (non-hydrogen) atoms. The maximum absolute atomic E-state index is 12.4. The van der Waals surface area contributed by atoms with E-state index in [2.05, 4.69) is 29.6 Å². The highest BCUT2D eigenvalue weighted by Crippen LogP contribution is 2.23. The molecule has 0 aliphatic heterocycles. The number of nitrogens with zero attached hydrogens (tertiary/aromatic N) is 2. The van der Waals surface area contributed by atoms with Gasteiger partial charge in [-0.15, -0.1) is 12.4 Å². The predicted octanol–water partition coefficient (Wildman–Crippen LogP) is 3.41. The van der Waals surface area contributed by atoms with Crippen molar-refractivity contribution in [2.45, 2.75) is 26.7 Å². The first-order valence-electron chi connectivity index (χ1n) is 7.87. The normalized spacial score (nSPS) is 10.5. The number of nitrogens with one attached hydrogen (secondary N) is 2. The van der Waals surface area contributed by atoms with E-state index < -0.39 is 0 Å². The lowest BCUT2D eigenvalue weighted by atomic mass is 10.1. The third kappa shape index (κ3) is 4.97. The third-order valence-corrected chi connectivity index (χ3v) is 3.76. The summed E-state index contributed by atoms with van der Waals surface area (Å²) in [6, 6.07) is 7.43. The fourth-order valence-corrected chi connectivity index (χ4v) is 2.54. The number of rotatable bonds is 7. The molecule has 1 aromatic heterocycles. The lowest BCUT2D eigenvalue weighted by molar-refractivity contribution is 0.0952. The van der Waals surface area contributed by atoms with Crippen molar-refractivity contribution in [1.29, 1.82) is 0 Å². The standard InChI is InChI=1S/C17H23ClN4O.ClH/c1-4-19-9-10-20-17(23)15-11-21-22(16(15)12(2)3)14-7-5-13(18)6-8-14;/h5-8,11-12,19H,4,9-10H2,1-3H3,(H,20,23);1H. The van der Waals surface area contributed by atoms with Crippen LogP contribution < -0.4 is 10.6 Å². The van der Waals surface area contributed by atoms with Crippen LogP contribution >= 0.6 is 24.0 Å². The molecule has 132 valence electrons. The summed E-state index contributed by atoms with van der Waals surface area (Å²) in [5.74, 6) is 0.0783. The van der Waals surface area contributed by atoms with Gasteiger partial charge in [0.2, 0.25) is 0 Å². The van der Waals surface area contributed by atoms with Crippen molar-refractivity contribution in [3.05, 3.63) is 46.7 Å². The van der Waals surface area contributed by atoms with Gasteiger partial charge in [-0.05, 0) is 36.7 Å². The van der Waals surface area contributed by atoms with E-state index in [1.54, 1.807) is 10.9 Å². The van der Waals surface area contributed by atoms with E-state index in [4.69, 9.17) is 11.6 Å². The summed E-state index contributed by atoms with van der Waals surface area (Å²) >= 11 is 5.94. The maximum atomic E-state index is 12.4. The Kier molecular flexibility index (Phi) is 8.25. The van der Waals surface area contributed by atoms with E-state index >= 15 is 0 Å². The molecule has 0 aliphatic rings. The van der Waals surface area contributed by atoms with Gasteiger partial charge in [0.05, 0.1) is 23.1 Å². The average molecular weight is 371 g/mol. The third-order valence-electron chi connectivity index (χ3n) is 3.51. The molecule has 5 nitrogen and oxygen atoms in total. The smallest absolute Gasteiger partial charge is 0.254 e. The van der Waals surface area contributed by atoms with Crippen molar-refractivity contribution in [2.75, 3.05) is 19.6 Å². The second kappa shape index (κ2) is 9.67. The van der Waals surface area contributed by atoms with Crippen molar-refractivity contribution in [1.82, 2.24) is 20.4 Å². The Bertz CT molecular complexity index is 653. The van der Waals surface area contributed by atoms with Gasteiger partial charge in [0.1, 0.15) is 0 Å². The van der Waals surface area contributed by atoms with Crippen LogP contribution in [0.5, 0.6) is 0 Å². The number of likely N-dealkylation sites (N-methyl/N-ethyl adjacent to an activating group) is 1. The van der Waals surface area contributed by atoms with Crippen LogP contribution in [-0.4, -0.2) is 35.3 Å². The Morgan fingerprint density at radius 3 is 2.50 bits per heavy atom. The van der Waals surface area contributed by atoms with Crippen LogP contribution in [0.4, 0.5) is 0 Å². The largest absolute Gasteiger partial charge is 0.351 e. The first-order valence-corrected chi connectivity index (χ1v) is 8.25. The van der Waals surface area contributed by atoms with E-state index in [0.29, 0.717) is 17.1 Å². The minimum absolute atomic E-state index is 0. The zero-order valence-electron chi connectivity index (χ0n) is 14.2. The number of hydrogen-bond donors (Lipinski definition) is 2. The summed E-state index contributed by atoms with van der Waals surface area (Å²) in [5, 5.41) is 11.2. The number of aromatic nitrogens is 2. The predicted molar refractivity (Wildman–Crippen MR) is 101 cm³/mol. The zero-order chi connectivity index (χ0) is 16.8. The monoisotopic (exact) mass is 370 g/mol. The number of amides is 1. The zero-order valence-corrected chi connectivity index (χ0v) is 15.7. The minimum Gasteiger partial charge on any atom is -0.351 e. The number of carbonyl (C=O) groups excluding carboxylic acids is 1. The highest BCUT2D eigenvalue weighted by Gasteiger charge is 2.20. The summed E-state index contributed by atoms with van der Waals surface area (Å²) in [7, 11) is 0. The van der Waals surface area contributed by atoms with Crippen LogP contribution in [-0.2, 0) is 0 Å². The molecule has 2 N–H and O–H groups in total. The Morgan fingerprint density at radius 1 is 1.25 bits per heavy atom. The van der Waals surface area contributed by atoms with Gasteiger partial charge in [0.25, 0.3) is 5.91 Å². The lowest BCUT2D eigenvalue weighted by Crippen LogP contribution is -2.32. The molecule has 0 unspecified atom stereocenters. The Labute approximate surface area is 154 Å². The number of hydrogen-bond acceptors (Lipinski definition) is 3. The number of carbonyl (C=O) groups is 1.